The first-order valence-electron chi connectivity index (χ1n) is 5.99. The first-order valence-corrected chi connectivity index (χ1v) is 6.37. The fourth-order valence-corrected chi connectivity index (χ4v) is 2.97. The van der Waals surface area contributed by atoms with E-state index < -0.39 is 0 Å². The van der Waals surface area contributed by atoms with Crippen LogP contribution in [0.4, 0.5) is 0 Å². The zero-order valence-corrected chi connectivity index (χ0v) is 10.6. The number of rotatable bonds is 2. The van der Waals surface area contributed by atoms with E-state index in [1.54, 1.807) is 0 Å². The Morgan fingerprint density at radius 1 is 1.29 bits per heavy atom. The third-order valence-electron chi connectivity index (χ3n) is 3.84. The summed E-state index contributed by atoms with van der Waals surface area (Å²) in [5.74, 6) is 1.42. The number of benzene rings is 1. The minimum absolute atomic E-state index is 0.0485. The molecule has 3 nitrogen and oxygen atoms in total. The van der Waals surface area contributed by atoms with Crippen LogP contribution in [0.2, 0.25) is 5.02 Å². The van der Waals surface area contributed by atoms with Gasteiger partial charge in [-0.3, -0.25) is 0 Å². The smallest absolute Gasteiger partial charge is 0.180 e. The van der Waals surface area contributed by atoms with Crippen LogP contribution < -0.4 is 15.2 Å². The molecule has 4 heteroatoms. The van der Waals surface area contributed by atoms with E-state index in [1.165, 1.54) is 0 Å². The number of nitrogens with two attached hydrogens (primary N) is 1. The summed E-state index contributed by atoms with van der Waals surface area (Å²) < 4.78 is 11.1. The summed E-state index contributed by atoms with van der Waals surface area (Å²) in [5.41, 5.74) is 7.24. The van der Waals surface area contributed by atoms with Gasteiger partial charge in [0.25, 0.3) is 0 Å². The molecule has 1 aromatic carbocycles. The van der Waals surface area contributed by atoms with Gasteiger partial charge in [-0.05, 0) is 31.4 Å². The molecule has 1 aliphatic carbocycles. The van der Waals surface area contributed by atoms with E-state index in [1.807, 2.05) is 19.1 Å². The largest absolute Gasteiger partial charge is 0.486 e. The van der Waals surface area contributed by atoms with Crippen LogP contribution in [-0.2, 0) is 5.41 Å². The summed E-state index contributed by atoms with van der Waals surface area (Å²) >= 11 is 6.43. The van der Waals surface area contributed by atoms with Crippen molar-refractivity contribution in [3.63, 3.8) is 0 Å². The van der Waals surface area contributed by atoms with Gasteiger partial charge in [0.1, 0.15) is 13.2 Å². The van der Waals surface area contributed by atoms with Gasteiger partial charge in [0, 0.05) is 11.5 Å². The van der Waals surface area contributed by atoms with Crippen LogP contribution in [0, 0.1) is 0 Å². The highest BCUT2D eigenvalue weighted by atomic mass is 35.5. The Morgan fingerprint density at radius 2 is 2.00 bits per heavy atom. The molecule has 17 heavy (non-hydrogen) atoms. The van der Waals surface area contributed by atoms with E-state index in [0.29, 0.717) is 24.0 Å². The Bertz CT molecular complexity index is 455. The van der Waals surface area contributed by atoms with Crippen LogP contribution >= 0.6 is 11.6 Å². The maximum Gasteiger partial charge on any atom is 0.180 e. The topological polar surface area (TPSA) is 44.5 Å². The van der Waals surface area contributed by atoms with Gasteiger partial charge in [-0.1, -0.05) is 17.7 Å². The van der Waals surface area contributed by atoms with E-state index >= 15 is 0 Å². The molecule has 2 N–H and O–H groups in total. The average Bonchev–Trinajstić information content (AvgIpc) is 3.11. The lowest BCUT2D eigenvalue weighted by Crippen LogP contribution is -2.32. The second-order valence-electron chi connectivity index (χ2n) is 4.90. The highest BCUT2D eigenvalue weighted by Gasteiger charge is 2.49. The normalized spacial score (nSPS) is 22.1. The van der Waals surface area contributed by atoms with Crippen molar-refractivity contribution in [2.24, 2.45) is 5.73 Å². The number of hydrogen-bond donors (Lipinski definition) is 1. The number of hydrogen-bond acceptors (Lipinski definition) is 3. The molecule has 1 unspecified atom stereocenters. The average molecular weight is 254 g/mol. The summed E-state index contributed by atoms with van der Waals surface area (Å²) in [5, 5.41) is 0.678. The summed E-state index contributed by atoms with van der Waals surface area (Å²) in [4.78, 5) is 0. The fraction of sp³-hybridized carbons (Fsp3) is 0.538. The highest BCUT2D eigenvalue weighted by molar-refractivity contribution is 6.33. The Labute approximate surface area is 106 Å². The molecule has 0 radical (unpaired) electrons. The molecule has 92 valence electrons. The van der Waals surface area contributed by atoms with E-state index in [-0.39, 0.29) is 11.5 Å². The van der Waals surface area contributed by atoms with E-state index in [9.17, 15) is 0 Å². The maximum atomic E-state index is 6.43. The molecule has 1 aromatic rings. The van der Waals surface area contributed by atoms with Crippen molar-refractivity contribution in [3.05, 3.63) is 22.7 Å². The van der Waals surface area contributed by atoms with Gasteiger partial charge in [0.15, 0.2) is 11.5 Å². The Hall–Kier alpha value is -0.930. The van der Waals surface area contributed by atoms with Gasteiger partial charge in [0.2, 0.25) is 0 Å². The molecule has 0 aromatic heterocycles. The Morgan fingerprint density at radius 3 is 2.65 bits per heavy atom. The molecule has 3 rings (SSSR count). The number of fused-ring (bicyclic) bond motifs is 1. The molecule has 0 saturated heterocycles. The standard InChI is InChI=1S/C13H16ClNO2/c1-8(15)13(4-5-13)9-2-3-10-12(11(9)14)17-7-6-16-10/h2-3,8H,4-7,15H2,1H3. The third kappa shape index (κ3) is 1.60. The van der Waals surface area contributed by atoms with Gasteiger partial charge >= 0.3 is 0 Å². The Kier molecular flexibility index (Phi) is 2.49. The predicted octanol–water partition coefficient (Wildman–Crippen LogP) is 2.49. The molecule has 1 fully saturated rings. The summed E-state index contributed by atoms with van der Waals surface area (Å²) in [7, 11) is 0. The lowest BCUT2D eigenvalue weighted by atomic mass is 9.89. The fourth-order valence-electron chi connectivity index (χ4n) is 2.57. The van der Waals surface area contributed by atoms with Crippen molar-refractivity contribution in [2.45, 2.75) is 31.2 Å². The molecule has 0 spiro atoms. The van der Waals surface area contributed by atoms with Gasteiger partial charge in [0.05, 0.1) is 5.02 Å². The minimum Gasteiger partial charge on any atom is -0.486 e. The van der Waals surface area contributed by atoms with Crippen molar-refractivity contribution in [1.29, 1.82) is 0 Å². The van der Waals surface area contributed by atoms with Crippen molar-refractivity contribution in [3.8, 4) is 11.5 Å². The summed E-state index contributed by atoms with van der Waals surface area (Å²) in [6.45, 7) is 3.18. The van der Waals surface area contributed by atoms with Gasteiger partial charge < -0.3 is 15.2 Å². The monoisotopic (exact) mass is 253 g/mol. The quantitative estimate of drug-likeness (QED) is 0.881. The van der Waals surface area contributed by atoms with Gasteiger partial charge in [-0.25, -0.2) is 0 Å². The maximum absolute atomic E-state index is 6.43. The van der Waals surface area contributed by atoms with Crippen LogP contribution in [-0.4, -0.2) is 19.3 Å². The molecule has 1 atom stereocenters. The number of halogens is 1. The lowest BCUT2D eigenvalue weighted by Gasteiger charge is -2.25. The SMILES string of the molecule is CC(N)C1(c2ccc3c(c2Cl)OCCO3)CC1. The van der Waals surface area contributed by atoms with Crippen molar-refractivity contribution >= 4 is 11.6 Å². The predicted molar refractivity (Wildman–Crippen MR) is 67.0 cm³/mol. The molecule has 1 aliphatic heterocycles. The van der Waals surface area contributed by atoms with Crippen LogP contribution in [0.3, 0.4) is 0 Å². The molecular formula is C13H16ClNO2. The molecule has 1 saturated carbocycles. The van der Waals surface area contributed by atoms with Crippen molar-refractivity contribution in [1.82, 2.24) is 0 Å². The van der Waals surface area contributed by atoms with E-state index in [0.717, 1.165) is 24.2 Å². The summed E-state index contributed by atoms with van der Waals surface area (Å²) in [6.07, 6.45) is 2.20. The van der Waals surface area contributed by atoms with Crippen molar-refractivity contribution in [2.75, 3.05) is 13.2 Å². The zero-order chi connectivity index (χ0) is 12.0. The molecule has 1 heterocycles. The molecule has 0 bridgehead atoms. The number of ether oxygens (including phenoxy) is 2. The molecule has 0 amide bonds. The van der Waals surface area contributed by atoms with Crippen LogP contribution in [0.1, 0.15) is 25.3 Å². The summed E-state index contributed by atoms with van der Waals surface area (Å²) in [6, 6.07) is 4.09. The van der Waals surface area contributed by atoms with Crippen LogP contribution in [0.5, 0.6) is 11.5 Å². The lowest BCUT2D eigenvalue weighted by molar-refractivity contribution is 0.171. The van der Waals surface area contributed by atoms with Gasteiger partial charge in [-0.2, -0.15) is 0 Å². The molecular weight excluding hydrogens is 238 g/mol. The third-order valence-corrected chi connectivity index (χ3v) is 4.22. The second kappa shape index (κ2) is 3.79. The molecule has 2 aliphatic rings. The minimum atomic E-state index is 0.0485. The van der Waals surface area contributed by atoms with Crippen molar-refractivity contribution < 1.29 is 9.47 Å². The van der Waals surface area contributed by atoms with Crippen LogP contribution in [0.15, 0.2) is 12.1 Å². The van der Waals surface area contributed by atoms with E-state index in [2.05, 4.69) is 0 Å². The zero-order valence-electron chi connectivity index (χ0n) is 9.83. The van der Waals surface area contributed by atoms with Crippen LogP contribution in [0.25, 0.3) is 0 Å². The second-order valence-corrected chi connectivity index (χ2v) is 5.27. The first-order chi connectivity index (χ1) is 8.15. The van der Waals surface area contributed by atoms with Gasteiger partial charge in [-0.15, -0.1) is 0 Å². The van der Waals surface area contributed by atoms with E-state index in [4.69, 9.17) is 26.8 Å². The highest BCUT2D eigenvalue weighted by Crippen LogP contribution is 2.55. The Balaban J connectivity index is 2.07. The first kappa shape index (κ1) is 11.2.